The van der Waals surface area contributed by atoms with E-state index in [1.165, 1.54) is 11.8 Å². The van der Waals surface area contributed by atoms with E-state index in [1.807, 2.05) is 12.2 Å². The second-order valence-electron chi connectivity index (χ2n) is 9.07. The van der Waals surface area contributed by atoms with Gasteiger partial charge in [-0.15, -0.1) is 0 Å². The van der Waals surface area contributed by atoms with Crippen LogP contribution in [0.5, 0.6) is 0 Å². The molecule has 1 aromatic rings. The highest BCUT2D eigenvalue weighted by Crippen LogP contribution is 2.37. The third-order valence-corrected chi connectivity index (χ3v) is 6.52. The number of fused-ring (bicyclic) bond motifs is 2. The Morgan fingerprint density at radius 3 is 2.33 bits per heavy atom. The highest BCUT2D eigenvalue weighted by molar-refractivity contribution is 6.15. The van der Waals surface area contributed by atoms with E-state index in [1.54, 1.807) is 38.1 Å². The summed E-state index contributed by atoms with van der Waals surface area (Å²) in [7, 11) is 0. The number of nitrogens with zero attached hydrogens (tertiary/aromatic N) is 2. The van der Waals surface area contributed by atoms with E-state index in [0.29, 0.717) is 24.2 Å². The molecule has 4 amide bonds. The number of likely N-dealkylation sites (tertiary alicyclic amines) is 1. The molecular weight excluding hydrogens is 426 g/mol. The number of nitrogens with one attached hydrogen (secondary N) is 1. The highest BCUT2D eigenvalue weighted by Gasteiger charge is 2.47. The maximum atomic E-state index is 13.2. The van der Waals surface area contributed by atoms with Crippen LogP contribution in [0.2, 0.25) is 0 Å². The fourth-order valence-corrected chi connectivity index (χ4v) is 4.63. The summed E-state index contributed by atoms with van der Waals surface area (Å²) in [6.45, 7) is 4.59. The van der Waals surface area contributed by atoms with Crippen LogP contribution >= 0.6 is 0 Å². The van der Waals surface area contributed by atoms with Gasteiger partial charge >= 0.3 is 5.97 Å². The third-order valence-electron chi connectivity index (χ3n) is 6.52. The van der Waals surface area contributed by atoms with Crippen LogP contribution in [0.4, 0.5) is 11.4 Å². The number of imide groups is 1. The van der Waals surface area contributed by atoms with Crippen molar-refractivity contribution in [3.63, 3.8) is 0 Å². The van der Waals surface area contributed by atoms with Crippen LogP contribution < -0.4 is 10.2 Å². The smallest absolute Gasteiger partial charge is 0.308 e. The Bertz CT molecular complexity index is 1040. The van der Waals surface area contributed by atoms with Crippen LogP contribution in [0.1, 0.15) is 40.0 Å². The summed E-state index contributed by atoms with van der Waals surface area (Å²) in [4.78, 5) is 65.8. The quantitative estimate of drug-likeness (QED) is 0.415. The SMILES string of the molecule is C[C@H](OC(=O)CCN1C(=O)[C@@H]2CC=CC[C@H]2C1=O)C(=O)N1c2ccccc2NC(=O)C1(C)C. The molecule has 33 heavy (non-hydrogen) atoms. The van der Waals surface area contributed by atoms with Crippen LogP contribution in [0, 0.1) is 11.8 Å². The van der Waals surface area contributed by atoms with E-state index >= 15 is 0 Å². The molecule has 174 valence electrons. The van der Waals surface area contributed by atoms with Crippen molar-refractivity contribution in [2.24, 2.45) is 11.8 Å². The number of ether oxygens (including phenoxy) is 1. The molecule has 1 N–H and O–H groups in total. The number of anilines is 2. The van der Waals surface area contributed by atoms with Crippen molar-refractivity contribution < 1.29 is 28.7 Å². The number of amides is 4. The van der Waals surface area contributed by atoms with Gasteiger partial charge in [-0.25, -0.2) is 0 Å². The molecule has 1 fully saturated rings. The zero-order chi connectivity index (χ0) is 23.9. The number of rotatable bonds is 5. The molecule has 3 aliphatic rings. The van der Waals surface area contributed by atoms with Crippen molar-refractivity contribution >= 4 is 41.0 Å². The van der Waals surface area contributed by atoms with E-state index in [-0.39, 0.29) is 42.5 Å². The first kappa shape index (κ1) is 22.7. The Labute approximate surface area is 191 Å². The Hall–Kier alpha value is -3.49. The minimum Gasteiger partial charge on any atom is -0.452 e. The lowest BCUT2D eigenvalue weighted by atomic mass is 9.85. The van der Waals surface area contributed by atoms with Gasteiger partial charge in [-0.2, -0.15) is 0 Å². The number of allylic oxidation sites excluding steroid dienone is 2. The number of hydrogen-bond acceptors (Lipinski definition) is 6. The van der Waals surface area contributed by atoms with Gasteiger partial charge in [-0.3, -0.25) is 33.8 Å². The van der Waals surface area contributed by atoms with Crippen LogP contribution in [0.3, 0.4) is 0 Å². The molecule has 9 nitrogen and oxygen atoms in total. The summed E-state index contributed by atoms with van der Waals surface area (Å²) in [5, 5.41) is 2.78. The normalized spacial score (nSPS) is 24.2. The molecule has 2 heterocycles. The van der Waals surface area contributed by atoms with E-state index in [0.717, 1.165) is 4.90 Å². The predicted molar refractivity (Wildman–Crippen MR) is 119 cm³/mol. The molecule has 0 unspecified atom stereocenters. The first-order valence-corrected chi connectivity index (χ1v) is 11.1. The molecule has 0 saturated carbocycles. The fraction of sp³-hybridized carbons (Fsp3) is 0.458. The average molecular weight is 453 g/mol. The van der Waals surface area contributed by atoms with Crippen molar-refractivity contribution in [1.82, 2.24) is 4.90 Å². The van der Waals surface area contributed by atoms with Crippen molar-refractivity contribution in [1.29, 1.82) is 0 Å². The van der Waals surface area contributed by atoms with Crippen molar-refractivity contribution in [3.05, 3.63) is 36.4 Å². The molecule has 0 aromatic heterocycles. The van der Waals surface area contributed by atoms with Crippen molar-refractivity contribution in [2.75, 3.05) is 16.8 Å². The van der Waals surface area contributed by atoms with Crippen molar-refractivity contribution in [3.8, 4) is 0 Å². The van der Waals surface area contributed by atoms with Gasteiger partial charge in [0.2, 0.25) is 17.7 Å². The Morgan fingerprint density at radius 2 is 1.70 bits per heavy atom. The standard InChI is InChI=1S/C24H27N3O6/c1-14(20(29)27-18-11-7-6-10-17(18)25-23(32)24(27,2)3)33-19(28)12-13-26-21(30)15-8-4-5-9-16(15)22(26)31/h4-7,10-11,14-16H,8-9,12-13H2,1-3H3,(H,25,32)/t14-,15+,16+/m0/s1. The molecule has 2 aliphatic heterocycles. The van der Waals surface area contributed by atoms with E-state index in [2.05, 4.69) is 5.32 Å². The van der Waals surface area contributed by atoms with Gasteiger partial charge in [0.1, 0.15) is 5.54 Å². The summed E-state index contributed by atoms with van der Waals surface area (Å²) in [5.41, 5.74) is -0.180. The van der Waals surface area contributed by atoms with Gasteiger partial charge in [0.15, 0.2) is 6.10 Å². The molecule has 1 aromatic carbocycles. The Balaban J connectivity index is 1.40. The monoisotopic (exact) mass is 453 g/mol. The van der Waals surface area contributed by atoms with E-state index in [9.17, 15) is 24.0 Å². The summed E-state index contributed by atoms with van der Waals surface area (Å²) in [5.74, 6) is -2.82. The molecule has 3 atom stereocenters. The summed E-state index contributed by atoms with van der Waals surface area (Å²) < 4.78 is 5.33. The van der Waals surface area contributed by atoms with Gasteiger partial charge in [-0.05, 0) is 45.7 Å². The van der Waals surface area contributed by atoms with Crippen LogP contribution in [0.15, 0.2) is 36.4 Å². The average Bonchev–Trinajstić information content (AvgIpc) is 3.02. The van der Waals surface area contributed by atoms with E-state index in [4.69, 9.17) is 4.74 Å². The van der Waals surface area contributed by atoms with Crippen LogP contribution in [0.25, 0.3) is 0 Å². The van der Waals surface area contributed by atoms with Gasteiger partial charge in [0.25, 0.3) is 5.91 Å². The number of para-hydroxylation sites is 2. The predicted octanol–water partition coefficient (Wildman–Crippen LogP) is 2.02. The molecule has 0 radical (unpaired) electrons. The van der Waals surface area contributed by atoms with Crippen molar-refractivity contribution in [2.45, 2.75) is 51.7 Å². The number of benzene rings is 1. The second kappa shape index (κ2) is 8.46. The number of esters is 1. The molecule has 9 heteroatoms. The van der Waals surface area contributed by atoms with E-state index < -0.39 is 23.5 Å². The largest absolute Gasteiger partial charge is 0.452 e. The lowest BCUT2D eigenvalue weighted by molar-refractivity contribution is -0.155. The molecule has 1 aliphatic carbocycles. The molecule has 1 saturated heterocycles. The lowest BCUT2D eigenvalue weighted by Crippen LogP contribution is -2.60. The zero-order valence-electron chi connectivity index (χ0n) is 18.9. The maximum Gasteiger partial charge on any atom is 0.308 e. The minimum absolute atomic E-state index is 0.0785. The Morgan fingerprint density at radius 1 is 1.09 bits per heavy atom. The van der Waals surface area contributed by atoms with Crippen LogP contribution in [-0.4, -0.2) is 52.7 Å². The second-order valence-corrected chi connectivity index (χ2v) is 9.07. The third kappa shape index (κ3) is 3.92. The first-order valence-electron chi connectivity index (χ1n) is 11.1. The maximum absolute atomic E-state index is 13.2. The molecule has 0 bridgehead atoms. The highest BCUT2D eigenvalue weighted by atomic mass is 16.5. The zero-order valence-corrected chi connectivity index (χ0v) is 18.9. The Kier molecular flexibility index (Phi) is 5.82. The topological polar surface area (TPSA) is 113 Å². The first-order chi connectivity index (χ1) is 15.6. The minimum atomic E-state index is -1.19. The molecule has 0 spiro atoms. The molecular formula is C24H27N3O6. The fourth-order valence-electron chi connectivity index (χ4n) is 4.63. The summed E-state index contributed by atoms with van der Waals surface area (Å²) in [6, 6.07) is 6.90. The van der Waals surface area contributed by atoms with Gasteiger partial charge < -0.3 is 10.1 Å². The number of carbonyl (C=O) groups is 5. The van der Waals surface area contributed by atoms with Gasteiger partial charge in [-0.1, -0.05) is 24.3 Å². The lowest BCUT2D eigenvalue weighted by Gasteiger charge is -2.42. The van der Waals surface area contributed by atoms with Crippen LogP contribution in [-0.2, 0) is 28.7 Å². The summed E-state index contributed by atoms with van der Waals surface area (Å²) in [6.07, 6.45) is 3.50. The number of carbonyl (C=O) groups excluding carboxylic acids is 5. The van der Waals surface area contributed by atoms with Gasteiger partial charge in [0.05, 0.1) is 29.6 Å². The molecule has 4 rings (SSSR count). The summed E-state index contributed by atoms with van der Waals surface area (Å²) >= 11 is 0. The van der Waals surface area contributed by atoms with Gasteiger partial charge in [0, 0.05) is 6.54 Å². The number of hydrogen-bond donors (Lipinski definition) is 1.